The lowest BCUT2D eigenvalue weighted by atomic mass is 9.98. The Balaban J connectivity index is 3.10. The SMILES string of the molecule is C=C[C@H]1[C@H](/C=C/CCCCC)N(C(C)(C)C)C(=O)N1C(C)(C)C. The molecular weight excluding hydrogens is 284 g/mol. The maximum atomic E-state index is 13.1. The van der Waals surface area contributed by atoms with Crippen LogP contribution in [-0.2, 0) is 0 Å². The maximum Gasteiger partial charge on any atom is 0.322 e. The number of unbranched alkanes of at least 4 members (excludes halogenated alkanes) is 3. The predicted octanol–water partition coefficient (Wildman–Crippen LogP) is 5.38. The van der Waals surface area contributed by atoms with Crippen LogP contribution in [0.4, 0.5) is 4.79 Å². The molecule has 1 rings (SSSR count). The van der Waals surface area contributed by atoms with Crippen LogP contribution in [0.1, 0.15) is 74.1 Å². The molecule has 23 heavy (non-hydrogen) atoms. The molecule has 0 spiro atoms. The van der Waals surface area contributed by atoms with Gasteiger partial charge in [0.05, 0.1) is 12.1 Å². The number of nitrogens with zero attached hydrogens (tertiary/aromatic N) is 2. The van der Waals surface area contributed by atoms with Crippen LogP contribution in [0.25, 0.3) is 0 Å². The van der Waals surface area contributed by atoms with Gasteiger partial charge in [0.1, 0.15) is 0 Å². The molecule has 0 radical (unpaired) electrons. The van der Waals surface area contributed by atoms with Crippen molar-refractivity contribution in [2.24, 2.45) is 0 Å². The Kier molecular flexibility index (Phi) is 6.49. The van der Waals surface area contributed by atoms with Crippen molar-refractivity contribution in [2.75, 3.05) is 0 Å². The zero-order valence-corrected chi connectivity index (χ0v) is 16.2. The maximum absolute atomic E-state index is 13.1. The summed E-state index contributed by atoms with van der Waals surface area (Å²) in [5.74, 6) is 0. The van der Waals surface area contributed by atoms with Crippen LogP contribution in [0.2, 0.25) is 0 Å². The monoisotopic (exact) mass is 320 g/mol. The quantitative estimate of drug-likeness (QED) is 0.476. The first-order chi connectivity index (χ1) is 10.6. The van der Waals surface area contributed by atoms with Gasteiger partial charge in [0.15, 0.2) is 0 Å². The third-order valence-electron chi connectivity index (χ3n) is 4.35. The van der Waals surface area contributed by atoms with E-state index in [4.69, 9.17) is 0 Å². The molecule has 1 aliphatic heterocycles. The number of hydrogen-bond donors (Lipinski definition) is 0. The van der Waals surface area contributed by atoms with Crippen LogP contribution in [0, 0.1) is 0 Å². The fourth-order valence-corrected chi connectivity index (χ4v) is 3.34. The van der Waals surface area contributed by atoms with E-state index >= 15 is 0 Å². The van der Waals surface area contributed by atoms with Crippen molar-refractivity contribution in [1.82, 2.24) is 9.80 Å². The van der Waals surface area contributed by atoms with Gasteiger partial charge in [0, 0.05) is 11.1 Å². The van der Waals surface area contributed by atoms with E-state index in [-0.39, 0.29) is 29.2 Å². The molecule has 0 aromatic heterocycles. The molecule has 3 heteroatoms. The standard InChI is InChI=1S/C20H36N2O/c1-9-11-12-13-14-15-17-16(10-2)21(19(3,4)5)18(23)22(17)20(6,7)8/h10,14-17H,2,9,11-13H2,1,3-8H3/b15-14+/t16-,17-/m0/s1. The summed E-state index contributed by atoms with van der Waals surface area (Å²) in [6.45, 7) is 18.8. The Morgan fingerprint density at radius 3 is 1.96 bits per heavy atom. The fraction of sp³-hybridized carbons (Fsp3) is 0.750. The molecule has 0 unspecified atom stereocenters. The van der Waals surface area contributed by atoms with Crippen molar-refractivity contribution in [2.45, 2.75) is 97.3 Å². The highest BCUT2D eigenvalue weighted by molar-refractivity contribution is 5.80. The molecule has 132 valence electrons. The largest absolute Gasteiger partial charge is 0.322 e. The van der Waals surface area contributed by atoms with Crippen LogP contribution in [-0.4, -0.2) is 39.0 Å². The molecule has 1 fully saturated rings. The summed E-state index contributed by atoms with van der Waals surface area (Å²) in [6.07, 6.45) is 11.2. The number of hydrogen-bond acceptors (Lipinski definition) is 1. The molecule has 1 heterocycles. The van der Waals surface area contributed by atoms with Crippen molar-refractivity contribution >= 4 is 6.03 Å². The van der Waals surface area contributed by atoms with Gasteiger partial charge < -0.3 is 9.80 Å². The smallest absolute Gasteiger partial charge is 0.311 e. The summed E-state index contributed by atoms with van der Waals surface area (Å²) in [5.41, 5.74) is -0.430. The van der Waals surface area contributed by atoms with Gasteiger partial charge in [0.25, 0.3) is 0 Å². The molecule has 0 saturated carbocycles. The molecular formula is C20H36N2O. The predicted molar refractivity (Wildman–Crippen MR) is 99.6 cm³/mol. The Hall–Kier alpha value is -1.25. The van der Waals surface area contributed by atoms with Gasteiger partial charge in [-0.15, -0.1) is 6.58 Å². The Morgan fingerprint density at radius 2 is 1.52 bits per heavy atom. The molecule has 1 saturated heterocycles. The van der Waals surface area contributed by atoms with Crippen LogP contribution >= 0.6 is 0 Å². The molecule has 0 bridgehead atoms. The van der Waals surface area contributed by atoms with Gasteiger partial charge in [-0.05, 0) is 54.4 Å². The molecule has 0 N–H and O–H groups in total. The minimum absolute atomic E-state index is 0.0177. The zero-order chi connectivity index (χ0) is 17.8. The molecule has 2 atom stereocenters. The van der Waals surface area contributed by atoms with Crippen molar-refractivity contribution in [3.05, 3.63) is 24.8 Å². The molecule has 2 amide bonds. The van der Waals surface area contributed by atoms with Crippen LogP contribution in [0.3, 0.4) is 0 Å². The van der Waals surface area contributed by atoms with E-state index in [1.807, 2.05) is 15.9 Å². The first-order valence-electron chi connectivity index (χ1n) is 8.97. The summed E-state index contributed by atoms with van der Waals surface area (Å²) in [4.78, 5) is 17.1. The molecule has 0 aliphatic carbocycles. The minimum atomic E-state index is -0.218. The van der Waals surface area contributed by atoms with Crippen molar-refractivity contribution < 1.29 is 4.79 Å². The Bertz CT molecular complexity index is 440. The minimum Gasteiger partial charge on any atom is -0.311 e. The topological polar surface area (TPSA) is 23.6 Å². The fourth-order valence-electron chi connectivity index (χ4n) is 3.34. The average molecular weight is 321 g/mol. The molecule has 3 nitrogen and oxygen atoms in total. The average Bonchev–Trinajstić information content (AvgIpc) is 2.70. The lowest BCUT2D eigenvalue weighted by molar-refractivity contribution is 0.126. The van der Waals surface area contributed by atoms with Crippen LogP contribution in [0.15, 0.2) is 24.8 Å². The second kappa shape index (κ2) is 7.55. The second-order valence-corrected chi connectivity index (χ2v) is 8.51. The third kappa shape index (κ3) is 4.62. The van der Waals surface area contributed by atoms with Gasteiger partial charge in [-0.25, -0.2) is 4.79 Å². The van der Waals surface area contributed by atoms with E-state index in [0.29, 0.717) is 0 Å². The van der Waals surface area contributed by atoms with E-state index in [0.717, 1.165) is 6.42 Å². The molecule has 0 aromatic rings. The zero-order valence-electron chi connectivity index (χ0n) is 16.2. The van der Waals surface area contributed by atoms with Gasteiger partial charge in [-0.3, -0.25) is 0 Å². The second-order valence-electron chi connectivity index (χ2n) is 8.51. The number of allylic oxidation sites excluding steroid dienone is 1. The number of carbonyl (C=O) groups is 1. The first-order valence-corrected chi connectivity index (χ1v) is 8.97. The highest BCUT2D eigenvalue weighted by atomic mass is 16.2. The van der Waals surface area contributed by atoms with E-state index < -0.39 is 0 Å². The summed E-state index contributed by atoms with van der Waals surface area (Å²) in [7, 11) is 0. The van der Waals surface area contributed by atoms with Crippen molar-refractivity contribution in [3.8, 4) is 0 Å². The van der Waals surface area contributed by atoms with E-state index in [2.05, 4.69) is 67.2 Å². The van der Waals surface area contributed by atoms with E-state index in [1.54, 1.807) is 0 Å². The van der Waals surface area contributed by atoms with Crippen molar-refractivity contribution in [1.29, 1.82) is 0 Å². The summed E-state index contributed by atoms with van der Waals surface area (Å²) >= 11 is 0. The van der Waals surface area contributed by atoms with Crippen LogP contribution < -0.4 is 0 Å². The molecule has 1 aliphatic rings. The normalized spacial score (nSPS) is 23.2. The Labute approximate surface area is 143 Å². The Morgan fingerprint density at radius 1 is 1.00 bits per heavy atom. The highest BCUT2D eigenvalue weighted by Crippen LogP contribution is 2.36. The lowest BCUT2D eigenvalue weighted by Gasteiger charge is -2.36. The van der Waals surface area contributed by atoms with Crippen LogP contribution in [0.5, 0.6) is 0 Å². The van der Waals surface area contributed by atoms with Gasteiger partial charge in [-0.2, -0.15) is 0 Å². The first kappa shape index (κ1) is 19.8. The van der Waals surface area contributed by atoms with E-state index in [9.17, 15) is 4.79 Å². The van der Waals surface area contributed by atoms with Crippen molar-refractivity contribution in [3.63, 3.8) is 0 Å². The number of carbonyl (C=O) groups excluding carboxylic acids is 1. The lowest BCUT2D eigenvalue weighted by Crippen LogP contribution is -2.50. The van der Waals surface area contributed by atoms with Gasteiger partial charge >= 0.3 is 6.03 Å². The number of rotatable bonds is 6. The molecule has 0 aromatic carbocycles. The number of amides is 2. The summed E-state index contributed by atoms with van der Waals surface area (Å²) in [5, 5.41) is 0. The summed E-state index contributed by atoms with van der Waals surface area (Å²) < 4.78 is 0. The number of urea groups is 1. The summed E-state index contributed by atoms with van der Waals surface area (Å²) in [6, 6.07) is 0.183. The van der Waals surface area contributed by atoms with Gasteiger partial charge in [0.2, 0.25) is 0 Å². The third-order valence-corrected chi connectivity index (χ3v) is 4.35. The van der Waals surface area contributed by atoms with E-state index in [1.165, 1.54) is 19.3 Å². The highest BCUT2D eigenvalue weighted by Gasteiger charge is 2.50. The van der Waals surface area contributed by atoms with Gasteiger partial charge in [-0.1, -0.05) is 38.0 Å².